The molecule has 0 saturated heterocycles. The van der Waals surface area contributed by atoms with E-state index in [2.05, 4.69) is 10.4 Å². The lowest BCUT2D eigenvalue weighted by Crippen LogP contribution is -1.84. The third kappa shape index (κ3) is 2.39. The highest BCUT2D eigenvalue weighted by molar-refractivity contribution is 7.16. The highest BCUT2D eigenvalue weighted by Crippen LogP contribution is 2.33. The van der Waals surface area contributed by atoms with Gasteiger partial charge in [-0.3, -0.25) is 0 Å². The second-order valence-electron chi connectivity index (χ2n) is 4.31. The van der Waals surface area contributed by atoms with Gasteiger partial charge in [0.2, 0.25) is 0 Å². The molecule has 19 heavy (non-hydrogen) atoms. The molecule has 2 aromatic heterocycles. The van der Waals surface area contributed by atoms with E-state index in [1.807, 2.05) is 38.1 Å². The van der Waals surface area contributed by atoms with Gasteiger partial charge in [0.25, 0.3) is 0 Å². The summed E-state index contributed by atoms with van der Waals surface area (Å²) in [7, 11) is 0. The third-order valence-electron chi connectivity index (χ3n) is 2.80. The standard InChI is InChI=1S/C14H13N3S2/c1-8-13(19-9(2)16-8)12-7-18-14(17-12)10-3-5-11(15)6-4-10/h3-7H,15H2,1-2H3. The van der Waals surface area contributed by atoms with Crippen LogP contribution in [0.15, 0.2) is 29.6 Å². The number of anilines is 1. The van der Waals surface area contributed by atoms with E-state index in [1.165, 1.54) is 0 Å². The first-order chi connectivity index (χ1) is 9.13. The maximum Gasteiger partial charge on any atom is 0.124 e. The van der Waals surface area contributed by atoms with Gasteiger partial charge in [-0.1, -0.05) is 0 Å². The smallest absolute Gasteiger partial charge is 0.124 e. The monoisotopic (exact) mass is 287 g/mol. The van der Waals surface area contributed by atoms with Crippen LogP contribution in [0.5, 0.6) is 0 Å². The summed E-state index contributed by atoms with van der Waals surface area (Å²) in [6, 6.07) is 7.81. The fourth-order valence-electron chi connectivity index (χ4n) is 1.91. The Balaban J connectivity index is 1.99. The summed E-state index contributed by atoms with van der Waals surface area (Å²) in [4.78, 5) is 10.3. The van der Waals surface area contributed by atoms with Gasteiger partial charge in [0, 0.05) is 16.6 Å². The van der Waals surface area contributed by atoms with Crippen LogP contribution in [0.2, 0.25) is 0 Å². The maximum absolute atomic E-state index is 5.70. The number of rotatable bonds is 2. The molecule has 0 fully saturated rings. The van der Waals surface area contributed by atoms with Crippen LogP contribution >= 0.6 is 22.7 Å². The molecule has 3 rings (SSSR count). The van der Waals surface area contributed by atoms with Gasteiger partial charge in [-0.25, -0.2) is 9.97 Å². The lowest BCUT2D eigenvalue weighted by atomic mass is 10.2. The quantitative estimate of drug-likeness (QED) is 0.721. The molecule has 0 aliphatic carbocycles. The number of nitrogens with two attached hydrogens (primary N) is 1. The van der Waals surface area contributed by atoms with Gasteiger partial charge in [-0.15, -0.1) is 22.7 Å². The van der Waals surface area contributed by atoms with Crippen molar-refractivity contribution < 1.29 is 0 Å². The zero-order valence-corrected chi connectivity index (χ0v) is 12.3. The molecule has 0 atom stereocenters. The molecule has 0 amide bonds. The summed E-state index contributed by atoms with van der Waals surface area (Å²) in [6.45, 7) is 4.05. The molecule has 0 aliphatic heterocycles. The van der Waals surface area contributed by atoms with E-state index >= 15 is 0 Å². The molecule has 0 radical (unpaired) electrons. The molecule has 0 saturated carbocycles. The minimum atomic E-state index is 0.773. The van der Waals surface area contributed by atoms with Crippen molar-refractivity contribution in [2.75, 3.05) is 5.73 Å². The zero-order valence-electron chi connectivity index (χ0n) is 10.7. The molecule has 0 bridgehead atoms. The Labute approximate surface area is 119 Å². The molecule has 0 unspecified atom stereocenters. The topological polar surface area (TPSA) is 51.8 Å². The normalized spacial score (nSPS) is 10.8. The largest absolute Gasteiger partial charge is 0.399 e. The van der Waals surface area contributed by atoms with Crippen LogP contribution in [0.3, 0.4) is 0 Å². The minimum Gasteiger partial charge on any atom is -0.399 e. The molecule has 3 nitrogen and oxygen atoms in total. The van der Waals surface area contributed by atoms with Crippen molar-refractivity contribution in [3.05, 3.63) is 40.3 Å². The van der Waals surface area contributed by atoms with Crippen molar-refractivity contribution in [1.82, 2.24) is 9.97 Å². The van der Waals surface area contributed by atoms with Crippen molar-refractivity contribution in [3.8, 4) is 21.1 Å². The van der Waals surface area contributed by atoms with Crippen LogP contribution in [0.25, 0.3) is 21.1 Å². The Morgan fingerprint density at radius 2 is 1.79 bits per heavy atom. The third-order valence-corrected chi connectivity index (χ3v) is 4.78. The van der Waals surface area contributed by atoms with Crippen LogP contribution in [0, 0.1) is 13.8 Å². The summed E-state index contributed by atoms with van der Waals surface area (Å²) in [5, 5.41) is 4.18. The summed E-state index contributed by atoms with van der Waals surface area (Å²) >= 11 is 3.34. The number of nitrogen functional groups attached to an aromatic ring is 1. The van der Waals surface area contributed by atoms with E-state index in [0.717, 1.165) is 37.5 Å². The van der Waals surface area contributed by atoms with Gasteiger partial charge in [-0.05, 0) is 38.1 Å². The molecule has 2 N–H and O–H groups in total. The van der Waals surface area contributed by atoms with Gasteiger partial charge in [0.05, 0.1) is 21.3 Å². The number of thiazole rings is 2. The summed E-state index contributed by atoms with van der Waals surface area (Å²) in [5.41, 5.74) is 9.64. The van der Waals surface area contributed by atoms with Crippen molar-refractivity contribution in [2.45, 2.75) is 13.8 Å². The average molecular weight is 287 g/mol. The van der Waals surface area contributed by atoms with Gasteiger partial charge in [0.1, 0.15) is 5.01 Å². The average Bonchev–Trinajstić information content (AvgIpc) is 2.97. The van der Waals surface area contributed by atoms with Crippen molar-refractivity contribution in [3.63, 3.8) is 0 Å². The molecule has 0 spiro atoms. The van der Waals surface area contributed by atoms with Crippen LogP contribution in [-0.4, -0.2) is 9.97 Å². The first-order valence-electron chi connectivity index (χ1n) is 5.89. The van der Waals surface area contributed by atoms with Crippen molar-refractivity contribution in [2.24, 2.45) is 0 Å². The van der Waals surface area contributed by atoms with Gasteiger partial charge < -0.3 is 5.73 Å². The number of hydrogen-bond donors (Lipinski definition) is 1. The Morgan fingerprint density at radius 3 is 2.42 bits per heavy atom. The summed E-state index contributed by atoms with van der Waals surface area (Å²) in [6.07, 6.45) is 0. The van der Waals surface area contributed by atoms with Gasteiger partial charge in [0.15, 0.2) is 0 Å². The Bertz CT molecular complexity index is 711. The van der Waals surface area contributed by atoms with Crippen LogP contribution in [0.1, 0.15) is 10.7 Å². The fourth-order valence-corrected chi connectivity index (χ4v) is 3.68. The van der Waals surface area contributed by atoms with E-state index in [-0.39, 0.29) is 0 Å². The Kier molecular flexibility index (Phi) is 3.08. The van der Waals surface area contributed by atoms with Gasteiger partial charge in [-0.2, -0.15) is 0 Å². The fraction of sp³-hybridized carbons (Fsp3) is 0.143. The second kappa shape index (κ2) is 4.75. The first kappa shape index (κ1) is 12.3. The number of hydrogen-bond acceptors (Lipinski definition) is 5. The number of nitrogens with zero attached hydrogens (tertiary/aromatic N) is 2. The molecule has 2 heterocycles. The van der Waals surface area contributed by atoms with E-state index in [0.29, 0.717) is 0 Å². The summed E-state index contributed by atoms with van der Waals surface area (Å²) < 4.78 is 0. The van der Waals surface area contributed by atoms with Crippen LogP contribution in [-0.2, 0) is 0 Å². The highest BCUT2D eigenvalue weighted by Gasteiger charge is 2.12. The lowest BCUT2D eigenvalue weighted by molar-refractivity contribution is 1.20. The second-order valence-corrected chi connectivity index (χ2v) is 6.37. The van der Waals surface area contributed by atoms with E-state index in [9.17, 15) is 0 Å². The predicted molar refractivity (Wildman–Crippen MR) is 82.5 cm³/mol. The molecule has 1 aromatic carbocycles. The van der Waals surface area contributed by atoms with E-state index in [4.69, 9.17) is 10.7 Å². The molecular weight excluding hydrogens is 274 g/mol. The molecule has 5 heteroatoms. The Morgan fingerprint density at radius 1 is 1.05 bits per heavy atom. The Hall–Kier alpha value is -1.72. The zero-order chi connectivity index (χ0) is 13.4. The molecule has 96 valence electrons. The van der Waals surface area contributed by atoms with Crippen molar-refractivity contribution >= 4 is 28.4 Å². The predicted octanol–water partition coefficient (Wildman–Crippen LogP) is 4.13. The highest BCUT2D eigenvalue weighted by atomic mass is 32.1. The maximum atomic E-state index is 5.70. The van der Waals surface area contributed by atoms with Crippen LogP contribution < -0.4 is 5.73 Å². The minimum absolute atomic E-state index is 0.773. The molecule has 3 aromatic rings. The first-order valence-corrected chi connectivity index (χ1v) is 7.59. The molecular formula is C14H13N3S2. The number of benzene rings is 1. The van der Waals surface area contributed by atoms with E-state index < -0.39 is 0 Å². The lowest BCUT2D eigenvalue weighted by Gasteiger charge is -1.96. The number of aromatic nitrogens is 2. The van der Waals surface area contributed by atoms with Crippen LogP contribution in [0.4, 0.5) is 5.69 Å². The molecule has 0 aliphatic rings. The SMILES string of the molecule is Cc1nc(C)c(-c2csc(-c3ccc(N)cc3)n2)s1. The summed E-state index contributed by atoms with van der Waals surface area (Å²) in [5.74, 6) is 0. The van der Waals surface area contributed by atoms with Gasteiger partial charge >= 0.3 is 0 Å². The van der Waals surface area contributed by atoms with E-state index in [1.54, 1.807) is 22.7 Å². The number of aryl methyl sites for hydroxylation is 2. The van der Waals surface area contributed by atoms with Crippen molar-refractivity contribution in [1.29, 1.82) is 0 Å².